The van der Waals surface area contributed by atoms with Gasteiger partial charge in [0.2, 0.25) is 5.91 Å². The highest BCUT2D eigenvalue weighted by Gasteiger charge is 2.35. The summed E-state index contributed by atoms with van der Waals surface area (Å²) in [7, 11) is 0. The molecule has 3 atom stereocenters. The monoisotopic (exact) mass is 302 g/mol. The molecule has 2 rings (SSSR count). The molecule has 1 N–H and O–H groups in total. The molecular formula is C17H22N2OS. The average Bonchev–Trinajstić information content (AvgIpc) is 2.52. The standard InChI is InChI=1S/C17H22N2OS/c1-12-6-8-13(9-7-12)16(21)14-4-2-3-5-15(14)17(20)19-11-10-18/h6-9,14-16,21H,2-5,11H2,1H3,(H,19,20). The van der Waals surface area contributed by atoms with Crippen LogP contribution in [0.3, 0.4) is 0 Å². The first-order valence-corrected chi connectivity index (χ1v) is 8.04. The zero-order chi connectivity index (χ0) is 15.2. The van der Waals surface area contributed by atoms with Crippen molar-refractivity contribution >= 4 is 18.5 Å². The predicted octanol–water partition coefficient (Wildman–Crippen LogP) is 3.41. The summed E-state index contributed by atoms with van der Waals surface area (Å²) in [6.45, 7) is 2.15. The van der Waals surface area contributed by atoms with Gasteiger partial charge in [-0.2, -0.15) is 17.9 Å². The molecule has 21 heavy (non-hydrogen) atoms. The first-order valence-electron chi connectivity index (χ1n) is 7.52. The van der Waals surface area contributed by atoms with Crippen molar-refractivity contribution in [1.29, 1.82) is 5.26 Å². The van der Waals surface area contributed by atoms with Crippen LogP contribution in [-0.4, -0.2) is 12.5 Å². The number of aryl methyl sites for hydroxylation is 1. The van der Waals surface area contributed by atoms with E-state index in [0.29, 0.717) is 0 Å². The van der Waals surface area contributed by atoms with Crippen LogP contribution in [0.15, 0.2) is 24.3 Å². The Labute approximate surface area is 132 Å². The second-order valence-corrected chi connectivity index (χ2v) is 6.34. The van der Waals surface area contributed by atoms with E-state index < -0.39 is 0 Å². The normalized spacial score (nSPS) is 23.1. The van der Waals surface area contributed by atoms with Gasteiger partial charge in [0.1, 0.15) is 6.54 Å². The topological polar surface area (TPSA) is 52.9 Å². The zero-order valence-corrected chi connectivity index (χ0v) is 13.3. The van der Waals surface area contributed by atoms with Crippen LogP contribution in [0, 0.1) is 30.1 Å². The lowest BCUT2D eigenvalue weighted by Gasteiger charge is -2.34. The second kappa shape index (κ2) is 7.51. The predicted molar refractivity (Wildman–Crippen MR) is 87.0 cm³/mol. The molecule has 1 saturated carbocycles. The maximum Gasteiger partial charge on any atom is 0.224 e. The number of hydrogen-bond acceptors (Lipinski definition) is 3. The molecule has 0 saturated heterocycles. The fraction of sp³-hybridized carbons (Fsp3) is 0.529. The maximum atomic E-state index is 12.3. The van der Waals surface area contributed by atoms with Crippen LogP contribution in [-0.2, 0) is 4.79 Å². The van der Waals surface area contributed by atoms with Crippen LogP contribution in [0.4, 0.5) is 0 Å². The first kappa shape index (κ1) is 15.9. The smallest absolute Gasteiger partial charge is 0.224 e. The molecule has 3 unspecified atom stereocenters. The van der Waals surface area contributed by atoms with Crippen LogP contribution in [0.2, 0.25) is 0 Å². The van der Waals surface area contributed by atoms with Gasteiger partial charge in [-0.3, -0.25) is 4.79 Å². The molecule has 1 aliphatic carbocycles. The molecule has 4 heteroatoms. The number of nitrogens with one attached hydrogen (secondary N) is 1. The summed E-state index contributed by atoms with van der Waals surface area (Å²) in [5, 5.41) is 11.4. The Kier molecular flexibility index (Phi) is 5.69. The van der Waals surface area contributed by atoms with Crippen molar-refractivity contribution in [2.45, 2.75) is 37.9 Å². The van der Waals surface area contributed by atoms with Crippen molar-refractivity contribution in [3.8, 4) is 6.07 Å². The highest BCUT2D eigenvalue weighted by molar-refractivity contribution is 7.80. The lowest BCUT2D eigenvalue weighted by Crippen LogP contribution is -2.38. The lowest BCUT2D eigenvalue weighted by atomic mass is 9.75. The molecule has 0 aliphatic heterocycles. The Balaban J connectivity index is 2.12. The number of rotatable bonds is 4. The van der Waals surface area contributed by atoms with E-state index in [1.54, 1.807) is 0 Å². The third-order valence-corrected chi connectivity index (χ3v) is 5.00. The number of carbonyl (C=O) groups is 1. The van der Waals surface area contributed by atoms with Crippen molar-refractivity contribution in [1.82, 2.24) is 5.32 Å². The van der Waals surface area contributed by atoms with E-state index in [9.17, 15) is 4.79 Å². The summed E-state index contributed by atoms with van der Waals surface area (Å²) < 4.78 is 0. The third kappa shape index (κ3) is 4.01. The fourth-order valence-corrected chi connectivity index (χ4v) is 3.66. The van der Waals surface area contributed by atoms with Crippen molar-refractivity contribution in [3.05, 3.63) is 35.4 Å². The lowest BCUT2D eigenvalue weighted by molar-refractivity contribution is -0.127. The summed E-state index contributed by atoms with van der Waals surface area (Å²) in [6, 6.07) is 10.4. The quantitative estimate of drug-likeness (QED) is 0.661. The Bertz CT molecular complexity index is 521. The molecule has 1 aliphatic rings. The van der Waals surface area contributed by atoms with E-state index >= 15 is 0 Å². The third-order valence-electron chi connectivity index (χ3n) is 4.32. The van der Waals surface area contributed by atoms with Crippen molar-refractivity contribution in [2.75, 3.05) is 6.54 Å². The van der Waals surface area contributed by atoms with Crippen LogP contribution in [0.1, 0.15) is 42.1 Å². The minimum absolute atomic E-state index is 0.00686. The molecule has 112 valence electrons. The Morgan fingerprint density at radius 2 is 2.05 bits per heavy atom. The van der Waals surface area contributed by atoms with E-state index in [4.69, 9.17) is 17.9 Å². The SMILES string of the molecule is Cc1ccc(C(S)C2CCCCC2C(=O)NCC#N)cc1. The summed E-state index contributed by atoms with van der Waals surface area (Å²) in [6.07, 6.45) is 4.14. The van der Waals surface area contributed by atoms with Gasteiger partial charge in [0, 0.05) is 11.2 Å². The Hall–Kier alpha value is -1.47. The minimum atomic E-state index is -0.0316. The number of hydrogen-bond donors (Lipinski definition) is 2. The van der Waals surface area contributed by atoms with E-state index in [0.717, 1.165) is 25.7 Å². The number of nitrogens with zero attached hydrogens (tertiary/aromatic N) is 1. The number of benzene rings is 1. The van der Waals surface area contributed by atoms with Crippen LogP contribution in [0.5, 0.6) is 0 Å². The van der Waals surface area contributed by atoms with Gasteiger partial charge in [-0.1, -0.05) is 42.7 Å². The summed E-state index contributed by atoms with van der Waals surface area (Å²) in [5.41, 5.74) is 2.40. The molecule has 0 spiro atoms. The molecule has 1 fully saturated rings. The van der Waals surface area contributed by atoms with Crippen LogP contribution < -0.4 is 5.32 Å². The zero-order valence-electron chi connectivity index (χ0n) is 12.4. The van der Waals surface area contributed by atoms with Crippen molar-refractivity contribution in [2.24, 2.45) is 11.8 Å². The molecule has 0 radical (unpaired) electrons. The molecule has 3 nitrogen and oxygen atoms in total. The first-order chi connectivity index (χ1) is 10.1. The number of amides is 1. The van der Waals surface area contributed by atoms with E-state index in [1.165, 1.54) is 11.1 Å². The van der Waals surface area contributed by atoms with Gasteiger partial charge < -0.3 is 5.32 Å². The summed E-state index contributed by atoms with van der Waals surface area (Å²) in [5.74, 6) is 0.215. The highest BCUT2D eigenvalue weighted by Crippen LogP contribution is 2.42. The second-order valence-electron chi connectivity index (χ2n) is 5.79. The molecule has 0 heterocycles. The molecule has 0 bridgehead atoms. The van der Waals surface area contributed by atoms with Gasteiger partial charge in [0.15, 0.2) is 0 Å². The Morgan fingerprint density at radius 3 is 2.71 bits per heavy atom. The minimum Gasteiger partial charge on any atom is -0.343 e. The maximum absolute atomic E-state index is 12.3. The Morgan fingerprint density at radius 1 is 1.38 bits per heavy atom. The summed E-state index contributed by atoms with van der Waals surface area (Å²) in [4.78, 5) is 12.3. The van der Waals surface area contributed by atoms with Gasteiger partial charge in [-0.05, 0) is 31.2 Å². The molecule has 1 aromatic rings. The number of thiol groups is 1. The van der Waals surface area contributed by atoms with Gasteiger partial charge in [-0.15, -0.1) is 0 Å². The average molecular weight is 302 g/mol. The van der Waals surface area contributed by atoms with Crippen LogP contribution >= 0.6 is 12.6 Å². The van der Waals surface area contributed by atoms with Gasteiger partial charge in [0.05, 0.1) is 6.07 Å². The number of carbonyl (C=O) groups excluding carboxylic acids is 1. The van der Waals surface area contributed by atoms with Gasteiger partial charge in [0.25, 0.3) is 0 Å². The molecule has 1 amide bonds. The fourth-order valence-electron chi connectivity index (χ4n) is 3.13. The van der Waals surface area contributed by atoms with E-state index in [-0.39, 0.29) is 29.5 Å². The van der Waals surface area contributed by atoms with Gasteiger partial charge in [-0.25, -0.2) is 0 Å². The summed E-state index contributed by atoms with van der Waals surface area (Å²) >= 11 is 4.80. The molecule has 0 aromatic heterocycles. The molecular weight excluding hydrogens is 280 g/mol. The van der Waals surface area contributed by atoms with Crippen molar-refractivity contribution in [3.63, 3.8) is 0 Å². The van der Waals surface area contributed by atoms with Crippen LogP contribution in [0.25, 0.3) is 0 Å². The van der Waals surface area contributed by atoms with E-state index in [2.05, 4.69) is 36.5 Å². The highest BCUT2D eigenvalue weighted by atomic mass is 32.1. The number of nitriles is 1. The van der Waals surface area contributed by atoms with E-state index in [1.807, 2.05) is 6.07 Å². The van der Waals surface area contributed by atoms with Crippen molar-refractivity contribution < 1.29 is 4.79 Å². The van der Waals surface area contributed by atoms with Gasteiger partial charge >= 0.3 is 0 Å². The largest absolute Gasteiger partial charge is 0.343 e. The molecule has 1 aromatic carbocycles.